The largest absolute Gasteiger partial charge is 0.497 e. The van der Waals surface area contributed by atoms with Gasteiger partial charge in [-0.2, -0.15) is 0 Å². The van der Waals surface area contributed by atoms with Crippen LogP contribution in [0.1, 0.15) is 47.8 Å². The molecule has 1 amide bonds. The van der Waals surface area contributed by atoms with Crippen LogP contribution in [0, 0.1) is 0 Å². The molecule has 0 spiro atoms. The smallest absolute Gasteiger partial charge is 0.262 e. The number of amides is 1. The van der Waals surface area contributed by atoms with Crippen LogP contribution in [0.3, 0.4) is 0 Å². The number of anilines is 1. The van der Waals surface area contributed by atoms with Gasteiger partial charge in [0.05, 0.1) is 12.7 Å². The van der Waals surface area contributed by atoms with Gasteiger partial charge in [0.15, 0.2) is 24.0 Å². The first-order chi connectivity index (χ1) is 18.0. The molecule has 0 heterocycles. The average Bonchev–Trinajstić information content (AvgIpc) is 2.94. The molecule has 5 rings (SSSR count). The van der Waals surface area contributed by atoms with Crippen LogP contribution >= 0.6 is 0 Å². The van der Waals surface area contributed by atoms with Crippen molar-refractivity contribution in [2.24, 2.45) is 0 Å². The molecule has 0 unspecified atom stereocenters. The number of hydrogen-bond donors (Lipinski definition) is 1. The van der Waals surface area contributed by atoms with Gasteiger partial charge in [-0.1, -0.05) is 54.6 Å². The molecule has 0 bridgehead atoms. The second-order valence-electron chi connectivity index (χ2n) is 8.36. The third-order valence-electron chi connectivity index (χ3n) is 6.04. The maximum absolute atomic E-state index is 13.0. The average molecular weight is 491 g/mol. The van der Waals surface area contributed by atoms with Crippen LogP contribution in [-0.4, -0.2) is 37.0 Å². The first-order valence-corrected chi connectivity index (χ1v) is 11.5. The van der Waals surface area contributed by atoms with E-state index in [2.05, 4.69) is 5.32 Å². The fraction of sp³-hybridized carbons (Fsp3) is 0.0667. The summed E-state index contributed by atoms with van der Waals surface area (Å²) in [5.74, 6) is -0.602. The molecule has 7 heteroatoms. The Morgan fingerprint density at radius 1 is 0.730 bits per heavy atom. The number of rotatable bonds is 7. The van der Waals surface area contributed by atoms with Crippen molar-refractivity contribution in [3.05, 3.63) is 124 Å². The summed E-state index contributed by atoms with van der Waals surface area (Å²) in [6.45, 7) is -0.394. The minimum atomic E-state index is -0.504. The van der Waals surface area contributed by atoms with E-state index < -0.39 is 12.5 Å². The van der Waals surface area contributed by atoms with Crippen LogP contribution in [0.5, 0.6) is 11.5 Å². The Balaban J connectivity index is 1.33. The molecule has 0 fully saturated rings. The molecule has 1 N–H and O–H groups in total. The van der Waals surface area contributed by atoms with Crippen molar-refractivity contribution in [3.8, 4) is 11.5 Å². The normalized spacial score (nSPS) is 11.8. The third kappa shape index (κ3) is 4.62. The van der Waals surface area contributed by atoms with Gasteiger partial charge in [-0.05, 0) is 30.3 Å². The van der Waals surface area contributed by atoms with Gasteiger partial charge < -0.3 is 14.8 Å². The number of ketones is 3. The lowest BCUT2D eigenvalue weighted by Crippen LogP contribution is -2.23. The fourth-order valence-corrected chi connectivity index (χ4v) is 4.20. The molecule has 0 radical (unpaired) electrons. The van der Waals surface area contributed by atoms with E-state index in [-0.39, 0.29) is 34.2 Å². The molecule has 4 aromatic rings. The van der Waals surface area contributed by atoms with Crippen molar-refractivity contribution in [2.45, 2.75) is 0 Å². The molecular formula is C30H21NO6. The maximum atomic E-state index is 13.0. The quantitative estimate of drug-likeness (QED) is 0.331. The second-order valence-corrected chi connectivity index (χ2v) is 8.36. The molecule has 4 aromatic carbocycles. The Morgan fingerprint density at radius 2 is 1.38 bits per heavy atom. The Bertz CT molecular complexity index is 1560. The number of methoxy groups -OCH3 is 1. The van der Waals surface area contributed by atoms with Gasteiger partial charge in [-0.15, -0.1) is 0 Å². The van der Waals surface area contributed by atoms with E-state index in [0.29, 0.717) is 33.7 Å². The highest BCUT2D eigenvalue weighted by atomic mass is 16.5. The molecule has 0 atom stereocenters. The molecule has 182 valence electrons. The van der Waals surface area contributed by atoms with Crippen LogP contribution in [0.2, 0.25) is 0 Å². The number of carbonyl (C=O) groups excluding carboxylic acids is 4. The number of fused-ring (bicyclic) bond motifs is 2. The minimum Gasteiger partial charge on any atom is -0.497 e. The molecule has 0 aliphatic heterocycles. The number of carbonyl (C=O) groups is 4. The van der Waals surface area contributed by atoms with Gasteiger partial charge in [0, 0.05) is 39.6 Å². The molecular weight excluding hydrogens is 470 g/mol. The van der Waals surface area contributed by atoms with E-state index in [1.165, 1.54) is 19.2 Å². The zero-order valence-corrected chi connectivity index (χ0v) is 19.8. The van der Waals surface area contributed by atoms with Crippen molar-refractivity contribution in [3.63, 3.8) is 0 Å². The zero-order chi connectivity index (χ0) is 25.9. The lowest BCUT2D eigenvalue weighted by Gasteiger charge is -2.18. The second kappa shape index (κ2) is 9.91. The van der Waals surface area contributed by atoms with Crippen LogP contribution in [-0.2, 0) is 4.79 Å². The molecule has 37 heavy (non-hydrogen) atoms. The summed E-state index contributed by atoms with van der Waals surface area (Å²) >= 11 is 0. The van der Waals surface area contributed by atoms with Gasteiger partial charge in [-0.25, -0.2) is 0 Å². The summed E-state index contributed by atoms with van der Waals surface area (Å²) in [6, 6.07) is 24.7. The van der Waals surface area contributed by atoms with E-state index >= 15 is 0 Å². The summed E-state index contributed by atoms with van der Waals surface area (Å²) in [4.78, 5) is 51.4. The molecule has 1 aliphatic rings. The van der Waals surface area contributed by atoms with Gasteiger partial charge in [-0.3, -0.25) is 19.2 Å². The Hall–Kier alpha value is -5.04. The van der Waals surface area contributed by atoms with Crippen LogP contribution in [0.15, 0.2) is 91.0 Å². The van der Waals surface area contributed by atoms with Crippen molar-refractivity contribution < 1.29 is 28.7 Å². The predicted molar refractivity (Wildman–Crippen MR) is 137 cm³/mol. The summed E-state index contributed by atoms with van der Waals surface area (Å²) in [5.41, 5.74) is 2.33. The van der Waals surface area contributed by atoms with Crippen LogP contribution in [0.25, 0.3) is 0 Å². The lowest BCUT2D eigenvalue weighted by molar-refractivity contribution is -0.118. The van der Waals surface area contributed by atoms with Crippen molar-refractivity contribution in [1.82, 2.24) is 0 Å². The van der Waals surface area contributed by atoms with Gasteiger partial charge in [0.1, 0.15) is 11.5 Å². The number of hydrogen-bond acceptors (Lipinski definition) is 6. The summed E-state index contributed by atoms with van der Waals surface area (Å²) in [5, 5.41) is 2.69. The van der Waals surface area contributed by atoms with Gasteiger partial charge in [0.2, 0.25) is 0 Å². The SMILES string of the molecule is COc1ccc(C(=O)c2ccccc2)c(OCC(=O)Nc2ccc3c(c2)C(=O)c2ccccc2C3=O)c1. The lowest BCUT2D eigenvalue weighted by atomic mass is 9.84. The minimum absolute atomic E-state index is 0.200. The van der Waals surface area contributed by atoms with Gasteiger partial charge >= 0.3 is 0 Å². The van der Waals surface area contributed by atoms with E-state index in [9.17, 15) is 19.2 Å². The molecule has 7 nitrogen and oxygen atoms in total. The van der Waals surface area contributed by atoms with Gasteiger partial charge in [0.25, 0.3) is 5.91 Å². The molecule has 1 aliphatic carbocycles. The van der Waals surface area contributed by atoms with Crippen LogP contribution in [0.4, 0.5) is 5.69 Å². The summed E-state index contributed by atoms with van der Waals surface area (Å²) in [7, 11) is 1.49. The first kappa shape index (κ1) is 23.7. The topological polar surface area (TPSA) is 98.8 Å². The highest BCUT2D eigenvalue weighted by molar-refractivity contribution is 6.28. The molecule has 0 saturated heterocycles. The summed E-state index contributed by atoms with van der Waals surface area (Å²) < 4.78 is 11.0. The number of ether oxygens (including phenoxy) is 2. The maximum Gasteiger partial charge on any atom is 0.262 e. The monoisotopic (exact) mass is 491 g/mol. The van der Waals surface area contributed by atoms with E-state index in [4.69, 9.17) is 9.47 Å². The standard InChI is InChI=1S/C30H21NO6/c1-36-20-12-14-24(28(33)18-7-3-2-4-8-18)26(16-20)37-17-27(32)31-19-11-13-23-25(15-19)30(35)22-10-6-5-9-21(22)29(23)34/h2-16H,17H2,1H3,(H,31,32). The molecule has 0 aromatic heterocycles. The third-order valence-corrected chi connectivity index (χ3v) is 6.04. The van der Waals surface area contributed by atoms with Crippen molar-refractivity contribution in [1.29, 1.82) is 0 Å². The van der Waals surface area contributed by atoms with Crippen LogP contribution < -0.4 is 14.8 Å². The van der Waals surface area contributed by atoms with E-state index in [0.717, 1.165) is 0 Å². The van der Waals surface area contributed by atoms with Crippen molar-refractivity contribution in [2.75, 3.05) is 19.0 Å². The highest BCUT2D eigenvalue weighted by Gasteiger charge is 2.29. The number of benzene rings is 4. The highest BCUT2D eigenvalue weighted by Crippen LogP contribution is 2.30. The predicted octanol–water partition coefficient (Wildman–Crippen LogP) is 4.72. The first-order valence-electron chi connectivity index (χ1n) is 11.5. The Kier molecular flexibility index (Phi) is 6.34. The van der Waals surface area contributed by atoms with E-state index in [1.807, 2.05) is 6.07 Å². The molecule has 0 saturated carbocycles. The number of nitrogens with one attached hydrogen (secondary N) is 1. The Morgan fingerprint density at radius 3 is 2.08 bits per heavy atom. The van der Waals surface area contributed by atoms with E-state index in [1.54, 1.807) is 72.8 Å². The fourth-order valence-electron chi connectivity index (χ4n) is 4.20. The Labute approximate surface area is 212 Å². The summed E-state index contributed by atoms with van der Waals surface area (Å²) in [6.07, 6.45) is 0. The van der Waals surface area contributed by atoms with Crippen molar-refractivity contribution >= 4 is 28.9 Å². The zero-order valence-electron chi connectivity index (χ0n) is 19.8.